The van der Waals surface area contributed by atoms with Crippen LogP contribution in [0.25, 0.3) is 33.1 Å². The van der Waals surface area contributed by atoms with Crippen LogP contribution in [0.4, 0.5) is 0 Å². The third-order valence-corrected chi connectivity index (χ3v) is 6.08. The van der Waals surface area contributed by atoms with Crippen LogP contribution >= 0.6 is 15.9 Å². The lowest BCUT2D eigenvalue weighted by atomic mass is 10.1. The van der Waals surface area contributed by atoms with Crippen LogP contribution < -0.4 is 0 Å². The first-order valence-electron chi connectivity index (χ1n) is 10.4. The molecule has 0 saturated carbocycles. The van der Waals surface area contributed by atoms with E-state index in [1.54, 1.807) is 0 Å². The van der Waals surface area contributed by atoms with Gasteiger partial charge in [-0.15, -0.1) is 5.10 Å². The number of aromatic nitrogens is 4. The molecule has 0 bridgehead atoms. The van der Waals surface area contributed by atoms with E-state index in [0.29, 0.717) is 0 Å². The summed E-state index contributed by atoms with van der Waals surface area (Å²) in [5.74, 6) is 0. The highest BCUT2D eigenvalue weighted by atomic mass is 79.9. The minimum Gasteiger partial charge on any atom is -0.340 e. The van der Waals surface area contributed by atoms with Crippen molar-refractivity contribution >= 4 is 37.7 Å². The summed E-state index contributed by atoms with van der Waals surface area (Å²) in [5, 5.41) is 11.3. The second-order valence-electron chi connectivity index (χ2n) is 7.69. The molecule has 0 atom stereocenters. The Kier molecular flexibility index (Phi) is 5.13. The summed E-state index contributed by atoms with van der Waals surface area (Å²) in [6.45, 7) is 3.99. The predicted octanol–water partition coefficient (Wildman–Crippen LogP) is 6.66. The third kappa shape index (κ3) is 3.54. The van der Waals surface area contributed by atoms with E-state index in [1.807, 2.05) is 29.1 Å². The number of benzene rings is 3. The van der Waals surface area contributed by atoms with Gasteiger partial charge in [-0.2, -0.15) is 0 Å². The zero-order valence-corrected chi connectivity index (χ0v) is 18.5. The number of halogens is 1. The normalized spacial score (nSPS) is 11.5. The van der Waals surface area contributed by atoms with Crippen LogP contribution in [0.2, 0.25) is 0 Å². The number of hydrogen-bond acceptors (Lipinski definition) is 2. The molecule has 0 aliphatic carbocycles. The Morgan fingerprint density at radius 1 is 0.900 bits per heavy atom. The highest BCUT2D eigenvalue weighted by molar-refractivity contribution is 9.10. The van der Waals surface area contributed by atoms with Gasteiger partial charge in [0.15, 0.2) is 0 Å². The van der Waals surface area contributed by atoms with Crippen LogP contribution in [0, 0.1) is 0 Å². The fourth-order valence-corrected chi connectivity index (χ4v) is 4.43. The Balaban J connectivity index is 1.56. The lowest BCUT2D eigenvalue weighted by Gasteiger charge is -2.06. The molecule has 0 aliphatic rings. The van der Waals surface area contributed by atoms with E-state index in [9.17, 15) is 0 Å². The zero-order chi connectivity index (χ0) is 20.5. The van der Waals surface area contributed by atoms with Crippen molar-refractivity contribution < 1.29 is 0 Å². The molecule has 5 heteroatoms. The Morgan fingerprint density at radius 2 is 1.67 bits per heavy atom. The first kappa shape index (κ1) is 19.1. The maximum Gasteiger partial charge on any atom is 0.113 e. The van der Waals surface area contributed by atoms with Gasteiger partial charge >= 0.3 is 0 Å². The molecule has 0 fully saturated rings. The summed E-state index contributed by atoms with van der Waals surface area (Å²) in [6, 6.07) is 23.5. The Morgan fingerprint density at radius 3 is 2.47 bits per heavy atom. The summed E-state index contributed by atoms with van der Waals surface area (Å²) in [5.41, 5.74) is 5.77. The van der Waals surface area contributed by atoms with E-state index in [2.05, 4.69) is 86.3 Å². The standard InChI is InChI=1S/C25H23BrN4/c1-2-3-13-30-24-11-9-19(14-21(24)22-15-20(26)10-12-25(22)30)23-17-29(28-27-23)16-18-7-5-4-6-8-18/h4-12,14-15,17H,2-3,13,16H2,1H3. The first-order valence-corrected chi connectivity index (χ1v) is 11.2. The number of hydrogen-bond donors (Lipinski definition) is 0. The van der Waals surface area contributed by atoms with Crippen LogP contribution in [0.5, 0.6) is 0 Å². The van der Waals surface area contributed by atoms with Gasteiger partial charge in [-0.05, 0) is 42.3 Å². The van der Waals surface area contributed by atoms with Gasteiger partial charge in [0.2, 0.25) is 0 Å². The maximum atomic E-state index is 4.44. The maximum absolute atomic E-state index is 4.44. The largest absolute Gasteiger partial charge is 0.340 e. The molecule has 0 spiro atoms. The van der Waals surface area contributed by atoms with E-state index < -0.39 is 0 Å². The van der Waals surface area contributed by atoms with Crippen LogP contribution in [-0.2, 0) is 13.1 Å². The molecular weight excluding hydrogens is 436 g/mol. The van der Waals surface area contributed by atoms with Crippen LogP contribution in [0.3, 0.4) is 0 Å². The molecule has 3 aromatic carbocycles. The number of nitrogens with zero attached hydrogens (tertiary/aromatic N) is 4. The molecule has 2 heterocycles. The molecule has 5 aromatic rings. The SMILES string of the molecule is CCCCn1c2ccc(Br)cc2c2cc(-c3cn(Cc4ccccc4)nn3)ccc21. The van der Waals surface area contributed by atoms with E-state index in [1.165, 1.54) is 40.2 Å². The van der Waals surface area contributed by atoms with Crippen molar-refractivity contribution in [3.63, 3.8) is 0 Å². The zero-order valence-electron chi connectivity index (χ0n) is 16.9. The van der Waals surface area contributed by atoms with Gasteiger partial charge in [0.1, 0.15) is 5.69 Å². The average Bonchev–Trinajstić information content (AvgIpc) is 3.35. The van der Waals surface area contributed by atoms with Crippen LogP contribution in [0.1, 0.15) is 25.3 Å². The number of aryl methyl sites for hydroxylation is 1. The number of unbranched alkanes of at least 4 members (excludes halogenated alkanes) is 1. The molecule has 5 rings (SSSR count). The quantitative estimate of drug-likeness (QED) is 0.285. The highest BCUT2D eigenvalue weighted by Gasteiger charge is 2.13. The molecule has 0 radical (unpaired) electrons. The summed E-state index contributed by atoms with van der Waals surface area (Å²) < 4.78 is 5.44. The molecule has 4 nitrogen and oxygen atoms in total. The van der Waals surface area contributed by atoms with Crippen LogP contribution in [-0.4, -0.2) is 19.6 Å². The van der Waals surface area contributed by atoms with Gasteiger partial charge in [-0.3, -0.25) is 0 Å². The summed E-state index contributed by atoms with van der Waals surface area (Å²) in [7, 11) is 0. The van der Waals surface area contributed by atoms with Crippen molar-refractivity contribution in [1.82, 2.24) is 19.6 Å². The molecule has 0 N–H and O–H groups in total. The van der Waals surface area contributed by atoms with Crippen molar-refractivity contribution in [3.8, 4) is 11.3 Å². The van der Waals surface area contributed by atoms with Gasteiger partial charge in [0, 0.05) is 38.4 Å². The Labute approximate surface area is 184 Å². The molecule has 0 amide bonds. The lowest BCUT2D eigenvalue weighted by molar-refractivity contribution is 0.650. The van der Waals surface area contributed by atoms with Gasteiger partial charge in [0.05, 0.1) is 12.7 Å². The molecule has 0 saturated heterocycles. The summed E-state index contributed by atoms with van der Waals surface area (Å²) in [6.07, 6.45) is 4.38. The molecule has 150 valence electrons. The number of fused-ring (bicyclic) bond motifs is 3. The van der Waals surface area contributed by atoms with E-state index >= 15 is 0 Å². The van der Waals surface area contributed by atoms with E-state index in [0.717, 1.165) is 28.8 Å². The van der Waals surface area contributed by atoms with Gasteiger partial charge in [-0.25, -0.2) is 4.68 Å². The van der Waals surface area contributed by atoms with E-state index in [4.69, 9.17) is 0 Å². The Hall–Kier alpha value is -2.92. The summed E-state index contributed by atoms with van der Waals surface area (Å²) in [4.78, 5) is 0. The second kappa shape index (κ2) is 8.07. The lowest BCUT2D eigenvalue weighted by Crippen LogP contribution is -1.99. The van der Waals surface area contributed by atoms with Gasteiger partial charge < -0.3 is 4.57 Å². The van der Waals surface area contributed by atoms with Gasteiger partial charge in [-0.1, -0.05) is 70.9 Å². The Bertz CT molecular complexity index is 1320. The first-order chi connectivity index (χ1) is 14.7. The second-order valence-corrected chi connectivity index (χ2v) is 8.60. The van der Waals surface area contributed by atoms with Gasteiger partial charge in [0.25, 0.3) is 0 Å². The van der Waals surface area contributed by atoms with Crippen molar-refractivity contribution in [2.75, 3.05) is 0 Å². The van der Waals surface area contributed by atoms with Crippen molar-refractivity contribution in [2.45, 2.75) is 32.9 Å². The smallest absolute Gasteiger partial charge is 0.113 e. The average molecular weight is 459 g/mol. The minimum absolute atomic E-state index is 0.722. The molecule has 0 aliphatic heterocycles. The molecule has 30 heavy (non-hydrogen) atoms. The van der Waals surface area contributed by atoms with Crippen molar-refractivity contribution in [3.05, 3.63) is 83.0 Å². The molecule has 0 unspecified atom stereocenters. The van der Waals surface area contributed by atoms with Crippen molar-refractivity contribution in [2.24, 2.45) is 0 Å². The topological polar surface area (TPSA) is 35.6 Å². The molecule has 2 aromatic heterocycles. The summed E-state index contributed by atoms with van der Waals surface area (Å²) >= 11 is 3.64. The monoisotopic (exact) mass is 458 g/mol. The minimum atomic E-state index is 0.722. The fraction of sp³-hybridized carbons (Fsp3) is 0.200. The van der Waals surface area contributed by atoms with Crippen molar-refractivity contribution in [1.29, 1.82) is 0 Å². The van der Waals surface area contributed by atoms with Crippen LogP contribution in [0.15, 0.2) is 77.4 Å². The predicted molar refractivity (Wildman–Crippen MR) is 127 cm³/mol. The number of rotatable bonds is 6. The van der Waals surface area contributed by atoms with E-state index in [-0.39, 0.29) is 0 Å². The third-order valence-electron chi connectivity index (χ3n) is 5.58. The highest BCUT2D eigenvalue weighted by Crippen LogP contribution is 2.34. The molecular formula is C25H23BrN4. The fourth-order valence-electron chi connectivity index (χ4n) is 4.07.